The van der Waals surface area contributed by atoms with Crippen LogP contribution in [0.2, 0.25) is 0 Å². The van der Waals surface area contributed by atoms with Crippen molar-refractivity contribution in [1.82, 2.24) is 0 Å². The lowest BCUT2D eigenvalue weighted by atomic mass is 10.9. The van der Waals surface area contributed by atoms with Gasteiger partial charge in [-0.1, -0.05) is 0 Å². The van der Waals surface area contributed by atoms with E-state index in [0.717, 1.165) is 0 Å². The highest BCUT2D eigenvalue weighted by molar-refractivity contribution is 7.99. The van der Waals surface area contributed by atoms with Crippen LogP contribution in [-0.4, -0.2) is 66.8 Å². The Morgan fingerprint density at radius 1 is 0.944 bits per heavy atom. The van der Waals surface area contributed by atoms with Crippen LogP contribution in [0.25, 0.3) is 0 Å². The summed E-state index contributed by atoms with van der Waals surface area (Å²) in [4.78, 5) is 0. The summed E-state index contributed by atoms with van der Waals surface area (Å²) in [6, 6.07) is 0. The third-order valence-corrected chi connectivity index (χ3v) is 4.95. The van der Waals surface area contributed by atoms with E-state index in [4.69, 9.17) is 23.8 Å². The van der Waals surface area contributed by atoms with Crippen LogP contribution < -0.4 is 0 Å². The summed E-state index contributed by atoms with van der Waals surface area (Å²) in [5.74, 6) is 2.49. The molecule has 0 atom stereocenters. The first-order valence-corrected chi connectivity index (χ1v) is 9.27. The van der Waals surface area contributed by atoms with Gasteiger partial charge in [0, 0.05) is 30.1 Å². The molecule has 0 rings (SSSR count). The lowest BCUT2D eigenvalue weighted by molar-refractivity contribution is 0.143. The molecule has 0 aliphatic heterocycles. The Bertz CT molecular complexity index is 213. The molecule has 0 bridgehead atoms. The van der Waals surface area contributed by atoms with Crippen LogP contribution in [0.3, 0.4) is 0 Å². The van der Waals surface area contributed by atoms with Crippen LogP contribution in [0.4, 0.5) is 0 Å². The normalized spacial score (nSPS) is 11.9. The van der Waals surface area contributed by atoms with Crippen LogP contribution in [-0.2, 0) is 18.1 Å². The molecular formula is C9H21O6PS2. The molecule has 110 valence electrons. The molecule has 0 saturated carbocycles. The zero-order valence-electron chi connectivity index (χ0n) is 10.4. The van der Waals surface area contributed by atoms with Gasteiger partial charge >= 0.3 is 7.82 Å². The van der Waals surface area contributed by atoms with Crippen molar-refractivity contribution in [2.75, 3.05) is 56.5 Å². The van der Waals surface area contributed by atoms with Crippen molar-refractivity contribution in [3.8, 4) is 0 Å². The third kappa shape index (κ3) is 10.6. The van der Waals surface area contributed by atoms with Gasteiger partial charge in [0.2, 0.25) is 0 Å². The van der Waals surface area contributed by atoms with E-state index in [2.05, 4.69) is 0 Å². The van der Waals surface area contributed by atoms with Crippen LogP contribution in [0.5, 0.6) is 0 Å². The highest BCUT2D eigenvalue weighted by Crippen LogP contribution is 2.48. The van der Waals surface area contributed by atoms with Crippen LogP contribution >= 0.6 is 31.3 Å². The second-order valence-corrected chi connectivity index (χ2v) is 7.19. The minimum atomic E-state index is -3.45. The monoisotopic (exact) mass is 320 g/mol. The molecule has 9 heteroatoms. The second kappa shape index (κ2) is 12.7. The van der Waals surface area contributed by atoms with Gasteiger partial charge in [-0.05, 0) is 0 Å². The van der Waals surface area contributed by atoms with Gasteiger partial charge < -0.3 is 10.2 Å². The Morgan fingerprint density at radius 3 is 1.72 bits per heavy atom. The maximum atomic E-state index is 11.9. The first kappa shape index (κ1) is 18.7. The largest absolute Gasteiger partial charge is 0.474 e. The predicted molar refractivity (Wildman–Crippen MR) is 75.3 cm³/mol. The smallest absolute Gasteiger partial charge is 0.396 e. The molecular weight excluding hydrogens is 299 g/mol. The van der Waals surface area contributed by atoms with Crippen LogP contribution in [0.1, 0.15) is 0 Å². The molecule has 0 spiro atoms. The molecule has 0 aromatic rings. The van der Waals surface area contributed by atoms with E-state index in [9.17, 15) is 4.57 Å². The number of hydrogen-bond donors (Lipinski definition) is 2. The van der Waals surface area contributed by atoms with E-state index in [-0.39, 0.29) is 26.4 Å². The molecule has 0 saturated heterocycles. The van der Waals surface area contributed by atoms with Crippen LogP contribution in [0.15, 0.2) is 0 Å². The Labute approximate surface area is 116 Å². The maximum Gasteiger partial charge on any atom is 0.474 e. The summed E-state index contributed by atoms with van der Waals surface area (Å²) in [5.41, 5.74) is 0. The number of rotatable bonds is 13. The standard InChI is InChI=1S/C9H21O6PS2/c1-13-16(12,14-4-8-17-6-2-10)15-5-9-18-7-3-11/h10-11H,2-9H2,1H3. The number of phosphoric acid groups is 1. The topological polar surface area (TPSA) is 85.2 Å². The molecule has 2 N–H and O–H groups in total. The highest BCUT2D eigenvalue weighted by atomic mass is 32.2. The first-order valence-electron chi connectivity index (χ1n) is 5.50. The lowest BCUT2D eigenvalue weighted by Gasteiger charge is -2.15. The van der Waals surface area contributed by atoms with E-state index in [0.29, 0.717) is 23.0 Å². The molecule has 0 heterocycles. The zero-order valence-corrected chi connectivity index (χ0v) is 13.0. The summed E-state index contributed by atoms with van der Waals surface area (Å²) in [7, 11) is -2.17. The molecule has 0 amide bonds. The Hall–Kier alpha value is 0.730. The van der Waals surface area contributed by atoms with Crippen molar-refractivity contribution in [2.24, 2.45) is 0 Å². The van der Waals surface area contributed by atoms with Crippen molar-refractivity contribution in [2.45, 2.75) is 0 Å². The van der Waals surface area contributed by atoms with Gasteiger partial charge in [-0.2, -0.15) is 23.5 Å². The van der Waals surface area contributed by atoms with E-state index in [1.54, 1.807) is 0 Å². The fourth-order valence-electron chi connectivity index (χ4n) is 0.892. The maximum absolute atomic E-state index is 11.9. The van der Waals surface area contributed by atoms with Gasteiger partial charge in [0.25, 0.3) is 0 Å². The number of thioether (sulfide) groups is 2. The van der Waals surface area contributed by atoms with Gasteiger partial charge in [-0.25, -0.2) is 4.57 Å². The molecule has 0 aliphatic carbocycles. The third-order valence-electron chi connectivity index (χ3n) is 1.65. The summed E-state index contributed by atoms with van der Waals surface area (Å²) in [6.07, 6.45) is 0. The van der Waals surface area contributed by atoms with Crippen molar-refractivity contribution in [3.63, 3.8) is 0 Å². The van der Waals surface area contributed by atoms with Crippen molar-refractivity contribution in [1.29, 1.82) is 0 Å². The fourth-order valence-corrected chi connectivity index (χ4v) is 3.12. The molecule has 0 radical (unpaired) electrons. The van der Waals surface area contributed by atoms with Crippen molar-refractivity contribution in [3.05, 3.63) is 0 Å². The van der Waals surface area contributed by atoms with Gasteiger partial charge in [-0.3, -0.25) is 13.6 Å². The van der Waals surface area contributed by atoms with E-state index < -0.39 is 7.82 Å². The Kier molecular flexibility index (Phi) is 13.3. The fraction of sp³-hybridized carbons (Fsp3) is 1.00. The summed E-state index contributed by atoms with van der Waals surface area (Å²) < 4.78 is 26.8. The molecule has 6 nitrogen and oxygen atoms in total. The number of hydrogen-bond acceptors (Lipinski definition) is 8. The minimum absolute atomic E-state index is 0.116. The summed E-state index contributed by atoms with van der Waals surface area (Å²) in [6.45, 7) is 0.732. The van der Waals surface area contributed by atoms with Gasteiger partial charge in [0.15, 0.2) is 0 Å². The predicted octanol–water partition coefficient (Wildman–Crippen LogP) is 1.23. The molecule has 0 aromatic heterocycles. The Morgan fingerprint density at radius 2 is 1.39 bits per heavy atom. The summed E-state index contributed by atoms with van der Waals surface area (Å²) >= 11 is 3.00. The lowest BCUT2D eigenvalue weighted by Crippen LogP contribution is -2.04. The highest BCUT2D eigenvalue weighted by Gasteiger charge is 2.24. The molecule has 18 heavy (non-hydrogen) atoms. The second-order valence-electron chi connectivity index (χ2n) is 2.97. The molecule has 0 fully saturated rings. The summed E-state index contributed by atoms with van der Waals surface area (Å²) in [5, 5.41) is 17.1. The van der Waals surface area contributed by atoms with Crippen molar-refractivity contribution < 1.29 is 28.3 Å². The van der Waals surface area contributed by atoms with E-state index >= 15 is 0 Å². The van der Waals surface area contributed by atoms with Crippen LogP contribution in [0, 0.1) is 0 Å². The molecule has 0 unspecified atom stereocenters. The van der Waals surface area contributed by atoms with E-state index in [1.165, 1.54) is 30.6 Å². The average molecular weight is 320 g/mol. The van der Waals surface area contributed by atoms with Crippen molar-refractivity contribution >= 4 is 31.3 Å². The SMILES string of the molecule is COP(=O)(OCCSCCO)OCCSCCO. The Balaban J connectivity index is 3.64. The minimum Gasteiger partial charge on any atom is -0.396 e. The number of aliphatic hydroxyl groups is 2. The van der Waals surface area contributed by atoms with Gasteiger partial charge in [0.1, 0.15) is 0 Å². The number of phosphoric ester groups is 1. The average Bonchev–Trinajstić information content (AvgIpc) is 2.38. The molecule has 0 aromatic carbocycles. The quantitative estimate of drug-likeness (QED) is 0.387. The van der Waals surface area contributed by atoms with Gasteiger partial charge in [0.05, 0.1) is 26.4 Å². The number of aliphatic hydroxyl groups excluding tert-OH is 2. The zero-order chi connectivity index (χ0) is 13.7. The molecule has 0 aliphatic rings. The van der Waals surface area contributed by atoms with E-state index in [1.807, 2.05) is 0 Å². The first-order chi connectivity index (χ1) is 8.68. The van der Waals surface area contributed by atoms with Gasteiger partial charge in [-0.15, -0.1) is 0 Å².